The van der Waals surface area contributed by atoms with Crippen LogP contribution in [0.2, 0.25) is 0 Å². The van der Waals surface area contributed by atoms with Crippen LogP contribution in [-0.4, -0.2) is 6.61 Å². The van der Waals surface area contributed by atoms with Gasteiger partial charge >= 0.3 is 0 Å². The van der Waals surface area contributed by atoms with E-state index in [2.05, 4.69) is 22.9 Å². The predicted molar refractivity (Wildman–Crippen MR) is 73.0 cm³/mol. The fourth-order valence-corrected chi connectivity index (χ4v) is 2.00. The van der Waals surface area contributed by atoms with Crippen LogP contribution in [0.4, 0.5) is 4.39 Å². The van der Waals surface area contributed by atoms with E-state index in [1.807, 2.05) is 0 Å². The fourth-order valence-electron chi connectivity index (χ4n) is 1.64. The molecule has 0 saturated heterocycles. The zero-order valence-electron chi connectivity index (χ0n) is 10.3. The second-order valence-corrected chi connectivity index (χ2v) is 5.05. The predicted octanol–water partition coefficient (Wildman–Crippen LogP) is 5.33. The van der Waals surface area contributed by atoms with Gasteiger partial charge in [-0.25, -0.2) is 4.39 Å². The second-order valence-electron chi connectivity index (χ2n) is 4.19. The van der Waals surface area contributed by atoms with Crippen molar-refractivity contribution in [2.45, 2.75) is 45.4 Å². The summed E-state index contributed by atoms with van der Waals surface area (Å²) in [5.74, 6) is 0.476. The highest BCUT2D eigenvalue weighted by Crippen LogP contribution is 2.21. The van der Waals surface area contributed by atoms with Crippen LogP contribution in [0.5, 0.6) is 5.75 Å². The summed E-state index contributed by atoms with van der Waals surface area (Å²) in [5.41, 5.74) is 0. The van der Waals surface area contributed by atoms with Gasteiger partial charge in [-0.2, -0.15) is 0 Å². The molecule has 0 spiro atoms. The molecule has 1 aromatic rings. The SMILES string of the molecule is CCCCCCCCOc1ccc(F)c(Br)c1. The average Bonchev–Trinajstić information content (AvgIpc) is 2.32. The number of hydrogen-bond acceptors (Lipinski definition) is 1. The van der Waals surface area contributed by atoms with Crippen LogP contribution in [-0.2, 0) is 0 Å². The molecule has 0 heterocycles. The van der Waals surface area contributed by atoms with Crippen molar-refractivity contribution in [1.82, 2.24) is 0 Å². The third-order valence-electron chi connectivity index (χ3n) is 2.66. The molecule has 0 amide bonds. The molecule has 0 saturated carbocycles. The van der Waals surface area contributed by atoms with E-state index in [-0.39, 0.29) is 5.82 Å². The number of unbranched alkanes of at least 4 members (excludes halogenated alkanes) is 5. The molecule has 0 N–H and O–H groups in total. The van der Waals surface area contributed by atoms with Gasteiger partial charge < -0.3 is 4.74 Å². The highest BCUT2D eigenvalue weighted by Gasteiger charge is 2.00. The van der Waals surface area contributed by atoms with Gasteiger partial charge in [-0.15, -0.1) is 0 Å². The largest absolute Gasteiger partial charge is 0.494 e. The molecule has 0 fully saturated rings. The van der Waals surface area contributed by atoms with Crippen molar-refractivity contribution < 1.29 is 9.13 Å². The highest BCUT2D eigenvalue weighted by molar-refractivity contribution is 9.10. The molecule has 0 aliphatic rings. The minimum absolute atomic E-state index is 0.253. The number of ether oxygens (including phenoxy) is 1. The summed E-state index contributed by atoms with van der Waals surface area (Å²) in [6.45, 7) is 2.93. The fraction of sp³-hybridized carbons (Fsp3) is 0.571. The number of halogens is 2. The smallest absolute Gasteiger partial charge is 0.137 e. The zero-order chi connectivity index (χ0) is 12.5. The highest BCUT2D eigenvalue weighted by atomic mass is 79.9. The van der Waals surface area contributed by atoms with Gasteiger partial charge in [0.25, 0.3) is 0 Å². The number of rotatable bonds is 8. The van der Waals surface area contributed by atoms with E-state index in [1.165, 1.54) is 38.2 Å². The molecule has 17 heavy (non-hydrogen) atoms. The van der Waals surface area contributed by atoms with E-state index in [0.29, 0.717) is 11.1 Å². The maximum atomic E-state index is 13.0. The third kappa shape index (κ3) is 6.06. The summed E-state index contributed by atoms with van der Waals surface area (Å²) >= 11 is 3.14. The minimum Gasteiger partial charge on any atom is -0.494 e. The molecule has 0 aliphatic carbocycles. The van der Waals surface area contributed by atoms with Crippen LogP contribution in [0.1, 0.15) is 45.4 Å². The maximum absolute atomic E-state index is 13.0. The van der Waals surface area contributed by atoms with Gasteiger partial charge in [0.1, 0.15) is 11.6 Å². The first kappa shape index (κ1) is 14.5. The third-order valence-corrected chi connectivity index (χ3v) is 3.27. The molecule has 0 radical (unpaired) electrons. The quantitative estimate of drug-likeness (QED) is 0.590. The van der Waals surface area contributed by atoms with Crippen molar-refractivity contribution in [3.63, 3.8) is 0 Å². The van der Waals surface area contributed by atoms with E-state index >= 15 is 0 Å². The van der Waals surface area contributed by atoms with Gasteiger partial charge in [0.15, 0.2) is 0 Å². The van der Waals surface area contributed by atoms with Gasteiger partial charge in [0.2, 0.25) is 0 Å². The Bertz CT molecular complexity index is 328. The average molecular weight is 303 g/mol. The van der Waals surface area contributed by atoms with E-state index in [4.69, 9.17) is 4.74 Å². The standard InChI is InChI=1S/C14H20BrFO/c1-2-3-4-5-6-7-10-17-12-8-9-14(16)13(15)11-12/h8-9,11H,2-7,10H2,1H3. The zero-order valence-corrected chi connectivity index (χ0v) is 11.9. The molecule has 1 nitrogen and oxygen atoms in total. The lowest BCUT2D eigenvalue weighted by Crippen LogP contribution is -1.97. The molecule has 0 atom stereocenters. The Balaban J connectivity index is 2.11. The van der Waals surface area contributed by atoms with Crippen LogP contribution >= 0.6 is 15.9 Å². The van der Waals surface area contributed by atoms with Crippen LogP contribution in [0.3, 0.4) is 0 Å². The molecular weight excluding hydrogens is 283 g/mol. The summed E-state index contributed by atoms with van der Waals surface area (Å²) in [4.78, 5) is 0. The van der Waals surface area contributed by atoms with Gasteiger partial charge in [-0.05, 0) is 40.5 Å². The second kappa shape index (κ2) is 8.51. The van der Waals surface area contributed by atoms with Crippen molar-refractivity contribution in [1.29, 1.82) is 0 Å². The molecule has 96 valence electrons. The summed E-state index contributed by atoms with van der Waals surface area (Å²) in [6, 6.07) is 4.75. The van der Waals surface area contributed by atoms with Crippen molar-refractivity contribution >= 4 is 15.9 Å². The molecule has 0 unspecified atom stereocenters. The Labute approximate surface area is 111 Å². The van der Waals surface area contributed by atoms with Crippen LogP contribution in [0, 0.1) is 5.82 Å². The van der Waals surface area contributed by atoms with Gasteiger partial charge in [-0.1, -0.05) is 39.0 Å². The van der Waals surface area contributed by atoms with Crippen molar-refractivity contribution in [3.05, 3.63) is 28.5 Å². The summed E-state index contributed by atoms with van der Waals surface area (Å²) < 4.78 is 19.0. The number of benzene rings is 1. The Morgan fingerprint density at radius 1 is 1.12 bits per heavy atom. The first-order valence-electron chi connectivity index (χ1n) is 6.32. The monoisotopic (exact) mass is 302 g/mol. The Morgan fingerprint density at radius 2 is 1.82 bits per heavy atom. The van der Waals surface area contributed by atoms with Crippen molar-refractivity contribution in [2.75, 3.05) is 6.61 Å². The molecule has 3 heteroatoms. The Hall–Kier alpha value is -0.570. The van der Waals surface area contributed by atoms with Gasteiger partial charge in [-0.3, -0.25) is 0 Å². The maximum Gasteiger partial charge on any atom is 0.137 e. The molecule has 1 aromatic carbocycles. The lowest BCUT2D eigenvalue weighted by molar-refractivity contribution is 0.303. The Morgan fingerprint density at radius 3 is 2.53 bits per heavy atom. The molecule has 0 bridgehead atoms. The van der Waals surface area contributed by atoms with E-state index in [1.54, 1.807) is 12.1 Å². The topological polar surface area (TPSA) is 9.23 Å². The summed E-state index contributed by atoms with van der Waals surface area (Å²) in [7, 11) is 0. The van der Waals surface area contributed by atoms with Crippen LogP contribution in [0.25, 0.3) is 0 Å². The van der Waals surface area contributed by atoms with E-state index in [9.17, 15) is 4.39 Å². The normalized spacial score (nSPS) is 10.5. The van der Waals surface area contributed by atoms with Gasteiger partial charge in [0.05, 0.1) is 11.1 Å². The molecular formula is C14H20BrFO. The Kier molecular flexibility index (Phi) is 7.25. The van der Waals surface area contributed by atoms with Crippen molar-refractivity contribution in [3.8, 4) is 5.75 Å². The summed E-state index contributed by atoms with van der Waals surface area (Å²) in [6.07, 6.45) is 7.48. The lowest BCUT2D eigenvalue weighted by Gasteiger charge is -2.06. The van der Waals surface area contributed by atoms with Crippen LogP contribution < -0.4 is 4.74 Å². The first-order chi connectivity index (χ1) is 8.24. The molecule has 0 aromatic heterocycles. The van der Waals surface area contributed by atoms with Crippen molar-refractivity contribution in [2.24, 2.45) is 0 Å². The van der Waals surface area contributed by atoms with E-state index < -0.39 is 0 Å². The molecule has 1 rings (SSSR count). The lowest BCUT2D eigenvalue weighted by atomic mass is 10.1. The number of hydrogen-bond donors (Lipinski definition) is 0. The van der Waals surface area contributed by atoms with Crippen LogP contribution in [0.15, 0.2) is 22.7 Å². The summed E-state index contributed by atoms with van der Waals surface area (Å²) in [5, 5.41) is 0. The molecule has 0 aliphatic heterocycles. The first-order valence-corrected chi connectivity index (χ1v) is 7.11. The minimum atomic E-state index is -0.253. The van der Waals surface area contributed by atoms with Gasteiger partial charge in [0, 0.05) is 0 Å². The van der Waals surface area contributed by atoms with E-state index in [0.717, 1.165) is 12.2 Å².